The Kier molecular flexibility index (Phi) is 3.78. The highest BCUT2D eigenvalue weighted by Crippen LogP contribution is 2.28. The average Bonchev–Trinajstić information content (AvgIpc) is 2.15. The molecule has 0 aromatic heterocycles. The summed E-state index contributed by atoms with van der Waals surface area (Å²) in [4.78, 5) is 19.0. The number of benzene rings is 1. The van der Waals surface area contributed by atoms with Crippen LogP contribution in [0.4, 0.5) is 14.5 Å². The van der Waals surface area contributed by atoms with Gasteiger partial charge in [-0.3, -0.25) is 14.9 Å². The molecule has 16 heavy (non-hydrogen) atoms. The van der Waals surface area contributed by atoms with Crippen LogP contribution < -0.4 is 0 Å². The van der Waals surface area contributed by atoms with E-state index in [1.54, 1.807) is 0 Å². The number of nitro groups is 1. The van der Waals surface area contributed by atoms with Gasteiger partial charge in [-0.05, 0) is 0 Å². The maximum Gasteiger partial charge on any atom is 0.313 e. The van der Waals surface area contributed by atoms with Crippen molar-refractivity contribution in [3.8, 4) is 0 Å². The number of nitrogens with zero attached hydrogens (tertiary/aromatic N) is 1. The van der Waals surface area contributed by atoms with Crippen molar-refractivity contribution < 1.29 is 23.6 Å². The first-order chi connectivity index (χ1) is 7.41. The lowest BCUT2D eigenvalue weighted by Crippen LogP contribution is -2.00. The van der Waals surface area contributed by atoms with Crippen molar-refractivity contribution in [3.05, 3.63) is 33.9 Å². The van der Waals surface area contributed by atoms with E-state index in [2.05, 4.69) is 0 Å². The quantitative estimate of drug-likeness (QED) is 0.501. The van der Waals surface area contributed by atoms with Gasteiger partial charge in [-0.1, -0.05) is 0 Å². The molecule has 0 aliphatic heterocycles. The zero-order chi connectivity index (χ0) is 12.3. The van der Waals surface area contributed by atoms with Gasteiger partial charge in [0.05, 0.1) is 27.7 Å². The van der Waals surface area contributed by atoms with Crippen molar-refractivity contribution in [3.63, 3.8) is 0 Å². The molecular formula is C8H5F2NO4S. The summed E-state index contributed by atoms with van der Waals surface area (Å²) in [5.41, 5.74) is -0.713. The first-order valence-electron chi connectivity index (χ1n) is 3.90. The molecule has 0 saturated heterocycles. The smallest absolute Gasteiger partial charge is 0.313 e. The van der Waals surface area contributed by atoms with E-state index in [1.165, 1.54) is 0 Å². The maximum absolute atomic E-state index is 13.2. The van der Waals surface area contributed by atoms with Crippen LogP contribution in [0.25, 0.3) is 0 Å². The second-order valence-corrected chi connectivity index (χ2v) is 3.66. The first kappa shape index (κ1) is 12.4. The third kappa shape index (κ3) is 2.89. The molecule has 0 aliphatic rings. The van der Waals surface area contributed by atoms with E-state index >= 15 is 0 Å². The van der Waals surface area contributed by atoms with Crippen molar-refractivity contribution in [1.82, 2.24) is 0 Å². The van der Waals surface area contributed by atoms with Gasteiger partial charge in [0.2, 0.25) is 0 Å². The summed E-state index contributed by atoms with van der Waals surface area (Å²) in [6.45, 7) is 0. The van der Waals surface area contributed by atoms with E-state index in [0.717, 1.165) is 0 Å². The van der Waals surface area contributed by atoms with Gasteiger partial charge in [-0.15, -0.1) is 11.8 Å². The van der Waals surface area contributed by atoms with E-state index < -0.39 is 38.9 Å². The summed E-state index contributed by atoms with van der Waals surface area (Å²) >= 11 is 0.430. The standard InChI is InChI=1S/C8H5F2NO4S/c9-5-1-4(11(14)15)2-6(10)8(5)16-3-7(12)13/h1-2H,3H2,(H,12,13). The summed E-state index contributed by atoms with van der Waals surface area (Å²) in [5.74, 6) is -4.04. The Labute approximate surface area is 92.2 Å². The number of thioether (sulfide) groups is 1. The van der Waals surface area contributed by atoms with E-state index in [4.69, 9.17) is 5.11 Å². The Morgan fingerprint density at radius 1 is 1.44 bits per heavy atom. The van der Waals surface area contributed by atoms with Gasteiger partial charge in [-0.2, -0.15) is 0 Å². The SMILES string of the molecule is O=C(O)CSc1c(F)cc([N+](=O)[O-])cc1F. The fourth-order valence-corrected chi connectivity index (χ4v) is 1.59. The minimum absolute atomic E-state index is 0.430. The number of rotatable bonds is 4. The van der Waals surface area contributed by atoms with Crippen LogP contribution in [-0.2, 0) is 4.79 Å². The van der Waals surface area contributed by atoms with Crippen LogP contribution >= 0.6 is 11.8 Å². The zero-order valence-corrected chi connectivity index (χ0v) is 8.46. The second kappa shape index (κ2) is 4.88. The highest BCUT2D eigenvalue weighted by atomic mass is 32.2. The Morgan fingerprint density at radius 3 is 2.31 bits per heavy atom. The molecule has 0 atom stereocenters. The molecule has 0 bridgehead atoms. The molecule has 1 aromatic carbocycles. The Hall–Kier alpha value is -1.70. The van der Waals surface area contributed by atoms with Gasteiger partial charge in [0.1, 0.15) is 11.6 Å². The predicted molar refractivity (Wildman–Crippen MR) is 51.4 cm³/mol. The van der Waals surface area contributed by atoms with Crippen LogP contribution in [0.5, 0.6) is 0 Å². The molecule has 1 aromatic rings. The van der Waals surface area contributed by atoms with Crippen molar-refractivity contribution in [2.45, 2.75) is 4.90 Å². The molecule has 0 aliphatic carbocycles. The first-order valence-corrected chi connectivity index (χ1v) is 4.88. The molecule has 1 N–H and O–H groups in total. The van der Waals surface area contributed by atoms with E-state index in [0.29, 0.717) is 23.9 Å². The zero-order valence-electron chi connectivity index (χ0n) is 7.65. The third-order valence-corrected chi connectivity index (χ3v) is 2.60. The summed E-state index contributed by atoms with van der Waals surface area (Å²) in [7, 11) is 0. The minimum atomic E-state index is -1.23. The highest BCUT2D eigenvalue weighted by molar-refractivity contribution is 8.00. The number of carboxylic acid groups (broad SMARTS) is 1. The topological polar surface area (TPSA) is 80.4 Å². The van der Waals surface area contributed by atoms with Crippen molar-refractivity contribution in [2.75, 3.05) is 5.75 Å². The summed E-state index contributed by atoms with van der Waals surface area (Å²) in [6, 6.07) is 1.10. The fraction of sp³-hybridized carbons (Fsp3) is 0.125. The van der Waals surface area contributed by atoms with Gasteiger partial charge < -0.3 is 5.11 Å². The highest BCUT2D eigenvalue weighted by Gasteiger charge is 2.17. The van der Waals surface area contributed by atoms with Crippen LogP contribution in [0.1, 0.15) is 0 Å². The Bertz CT molecular complexity index is 429. The second-order valence-electron chi connectivity index (χ2n) is 2.68. The predicted octanol–water partition coefficient (Wildman–Crippen LogP) is 2.05. The number of hydrogen-bond acceptors (Lipinski definition) is 4. The molecule has 0 amide bonds. The lowest BCUT2D eigenvalue weighted by atomic mass is 10.3. The number of halogens is 2. The monoisotopic (exact) mass is 249 g/mol. The molecule has 0 saturated carbocycles. The Balaban J connectivity index is 3.03. The summed E-state index contributed by atoms with van der Waals surface area (Å²) in [6.07, 6.45) is 0. The van der Waals surface area contributed by atoms with Crippen LogP contribution in [-0.4, -0.2) is 21.8 Å². The number of nitro benzene ring substituents is 1. The lowest BCUT2D eigenvalue weighted by molar-refractivity contribution is -0.385. The molecule has 0 radical (unpaired) electrons. The number of carboxylic acids is 1. The van der Waals surface area contributed by atoms with Crippen molar-refractivity contribution >= 4 is 23.4 Å². The maximum atomic E-state index is 13.2. The molecule has 0 spiro atoms. The van der Waals surface area contributed by atoms with Crippen molar-refractivity contribution in [2.24, 2.45) is 0 Å². The molecule has 86 valence electrons. The molecule has 8 heteroatoms. The van der Waals surface area contributed by atoms with Gasteiger partial charge in [0, 0.05) is 0 Å². The van der Waals surface area contributed by atoms with Crippen molar-refractivity contribution in [1.29, 1.82) is 0 Å². The molecule has 0 fully saturated rings. The molecule has 5 nitrogen and oxygen atoms in total. The van der Waals surface area contributed by atoms with E-state index in [-0.39, 0.29) is 0 Å². The number of hydrogen-bond donors (Lipinski definition) is 1. The summed E-state index contributed by atoms with van der Waals surface area (Å²) < 4.78 is 26.3. The molecular weight excluding hydrogens is 244 g/mol. The van der Waals surface area contributed by atoms with E-state index in [1.807, 2.05) is 0 Å². The minimum Gasteiger partial charge on any atom is -0.481 e. The molecule has 0 unspecified atom stereocenters. The summed E-state index contributed by atoms with van der Waals surface area (Å²) in [5, 5.41) is 18.6. The van der Waals surface area contributed by atoms with Crippen LogP contribution in [0, 0.1) is 21.7 Å². The van der Waals surface area contributed by atoms with Gasteiger partial charge in [0.25, 0.3) is 5.69 Å². The van der Waals surface area contributed by atoms with Crippen LogP contribution in [0.3, 0.4) is 0 Å². The molecule has 1 rings (SSSR count). The fourth-order valence-electron chi connectivity index (χ4n) is 0.924. The third-order valence-electron chi connectivity index (χ3n) is 1.53. The number of non-ortho nitro benzene ring substituents is 1. The Morgan fingerprint density at radius 2 is 1.94 bits per heavy atom. The van der Waals surface area contributed by atoms with E-state index in [9.17, 15) is 23.7 Å². The van der Waals surface area contributed by atoms with Gasteiger partial charge in [-0.25, -0.2) is 8.78 Å². The number of aliphatic carboxylic acids is 1. The van der Waals surface area contributed by atoms with Crippen LogP contribution in [0.15, 0.2) is 17.0 Å². The lowest BCUT2D eigenvalue weighted by Gasteiger charge is -2.02. The normalized spacial score (nSPS) is 10.1. The largest absolute Gasteiger partial charge is 0.481 e. The van der Waals surface area contributed by atoms with Crippen LogP contribution in [0.2, 0.25) is 0 Å². The average molecular weight is 249 g/mol. The van der Waals surface area contributed by atoms with Gasteiger partial charge >= 0.3 is 5.97 Å². The number of carbonyl (C=O) groups is 1. The van der Waals surface area contributed by atoms with Gasteiger partial charge in [0.15, 0.2) is 0 Å². The molecule has 0 heterocycles.